The van der Waals surface area contributed by atoms with Crippen LogP contribution in [0.1, 0.15) is 45.4 Å². The monoisotopic (exact) mass is 278 g/mol. The van der Waals surface area contributed by atoms with Gasteiger partial charge in [-0.15, -0.1) is 0 Å². The minimum Gasteiger partial charge on any atom is -0.488 e. The molecule has 20 heavy (non-hydrogen) atoms. The molecule has 0 spiro atoms. The first-order chi connectivity index (χ1) is 9.81. The van der Waals surface area contributed by atoms with E-state index in [1.54, 1.807) is 10.6 Å². The van der Waals surface area contributed by atoms with Gasteiger partial charge in [0.05, 0.1) is 6.61 Å². The van der Waals surface area contributed by atoms with Crippen LogP contribution >= 0.6 is 0 Å². The van der Waals surface area contributed by atoms with Gasteiger partial charge in [-0.2, -0.15) is 0 Å². The van der Waals surface area contributed by atoms with Gasteiger partial charge >= 0.3 is 0 Å². The van der Waals surface area contributed by atoms with Crippen molar-refractivity contribution in [2.45, 2.75) is 58.0 Å². The van der Waals surface area contributed by atoms with Gasteiger partial charge in [0.2, 0.25) is 0 Å². The molecule has 2 rings (SSSR count). The predicted octanol–water partition coefficient (Wildman–Crippen LogP) is 2.56. The Bertz CT molecular complexity index is 450. The van der Waals surface area contributed by atoms with E-state index in [4.69, 9.17) is 4.74 Å². The standard InChI is InChI=1S/C16H26N2O2/c1-2-3-13-20-15-8-6-11-18(16(15)19)12-9-14-7-4-5-10-17-14/h6,8,11,14,17H,2-5,7,9-10,12-13H2,1H3. The fourth-order valence-electron chi connectivity index (χ4n) is 2.59. The summed E-state index contributed by atoms with van der Waals surface area (Å²) >= 11 is 0. The number of ether oxygens (including phenoxy) is 1. The van der Waals surface area contributed by atoms with Gasteiger partial charge in [-0.05, 0) is 44.4 Å². The average molecular weight is 278 g/mol. The molecule has 1 unspecified atom stereocenters. The Labute approximate surface area is 121 Å². The fourth-order valence-corrected chi connectivity index (χ4v) is 2.59. The van der Waals surface area contributed by atoms with E-state index in [-0.39, 0.29) is 5.56 Å². The summed E-state index contributed by atoms with van der Waals surface area (Å²) in [6.45, 7) is 4.62. The number of nitrogens with zero attached hydrogens (tertiary/aromatic N) is 1. The molecule has 1 aromatic heterocycles. The van der Waals surface area contributed by atoms with Crippen molar-refractivity contribution in [1.82, 2.24) is 9.88 Å². The quantitative estimate of drug-likeness (QED) is 0.780. The van der Waals surface area contributed by atoms with Gasteiger partial charge < -0.3 is 14.6 Å². The highest BCUT2D eigenvalue weighted by molar-refractivity contribution is 5.17. The molecule has 0 radical (unpaired) electrons. The molecule has 1 saturated heterocycles. The smallest absolute Gasteiger partial charge is 0.292 e. The first-order valence-corrected chi connectivity index (χ1v) is 7.87. The number of nitrogens with one attached hydrogen (secondary N) is 1. The lowest BCUT2D eigenvalue weighted by molar-refractivity contribution is 0.301. The maximum absolute atomic E-state index is 12.3. The molecular formula is C16H26N2O2. The van der Waals surface area contributed by atoms with Gasteiger partial charge in [0.25, 0.3) is 5.56 Å². The highest BCUT2D eigenvalue weighted by Crippen LogP contribution is 2.11. The first kappa shape index (κ1) is 15.1. The Morgan fingerprint density at radius 1 is 1.45 bits per heavy atom. The van der Waals surface area contributed by atoms with Crippen molar-refractivity contribution < 1.29 is 4.74 Å². The van der Waals surface area contributed by atoms with Gasteiger partial charge in [0.1, 0.15) is 0 Å². The van der Waals surface area contributed by atoms with Crippen LogP contribution in [0.15, 0.2) is 23.1 Å². The molecule has 0 aliphatic carbocycles. The van der Waals surface area contributed by atoms with Crippen LogP contribution in [-0.4, -0.2) is 23.8 Å². The number of aromatic nitrogens is 1. The summed E-state index contributed by atoms with van der Waals surface area (Å²) in [6.07, 6.45) is 8.73. The lowest BCUT2D eigenvalue weighted by Gasteiger charge is -2.23. The second kappa shape index (κ2) is 8.10. The van der Waals surface area contributed by atoms with Crippen molar-refractivity contribution in [3.05, 3.63) is 28.7 Å². The largest absolute Gasteiger partial charge is 0.488 e. The molecule has 112 valence electrons. The Hall–Kier alpha value is -1.29. The second-order valence-electron chi connectivity index (χ2n) is 5.51. The Kier molecular flexibility index (Phi) is 6.12. The summed E-state index contributed by atoms with van der Waals surface area (Å²) in [4.78, 5) is 12.3. The van der Waals surface area contributed by atoms with Gasteiger partial charge in [0.15, 0.2) is 5.75 Å². The van der Waals surface area contributed by atoms with E-state index in [9.17, 15) is 4.79 Å². The van der Waals surface area contributed by atoms with Crippen molar-refractivity contribution in [2.75, 3.05) is 13.2 Å². The summed E-state index contributed by atoms with van der Waals surface area (Å²) in [5, 5.41) is 3.52. The van der Waals surface area contributed by atoms with Crippen LogP contribution in [0, 0.1) is 0 Å². The van der Waals surface area contributed by atoms with Gasteiger partial charge in [-0.25, -0.2) is 0 Å². The molecule has 1 atom stereocenters. The zero-order valence-electron chi connectivity index (χ0n) is 12.4. The molecule has 1 aliphatic rings. The molecule has 0 saturated carbocycles. The number of hydrogen-bond acceptors (Lipinski definition) is 3. The number of hydrogen-bond donors (Lipinski definition) is 1. The first-order valence-electron chi connectivity index (χ1n) is 7.87. The maximum Gasteiger partial charge on any atom is 0.292 e. The molecule has 0 amide bonds. The number of rotatable bonds is 7. The van der Waals surface area contributed by atoms with Gasteiger partial charge in [0, 0.05) is 18.8 Å². The van der Waals surface area contributed by atoms with Crippen LogP contribution in [0.5, 0.6) is 5.75 Å². The van der Waals surface area contributed by atoms with Crippen molar-refractivity contribution in [3.8, 4) is 5.75 Å². The minimum atomic E-state index is -0.000544. The number of pyridine rings is 1. The number of piperidine rings is 1. The number of aryl methyl sites for hydroxylation is 1. The molecule has 0 aromatic carbocycles. The van der Waals surface area contributed by atoms with Gasteiger partial charge in [-0.1, -0.05) is 19.8 Å². The third kappa shape index (κ3) is 4.37. The normalized spacial score (nSPS) is 18.9. The summed E-state index contributed by atoms with van der Waals surface area (Å²) in [5.74, 6) is 0.484. The molecule has 0 bridgehead atoms. The summed E-state index contributed by atoms with van der Waals surface area (Å²) in [6, 6.07) is 4.23. The van der Waals surface area contributed by atoms with Crippen LogP contribution < -0.4 is 15.6 Å². The second-order valence-corrected chi connectivity index (χ2v) is 5.51. The molecule has 1 aliphatic heterocycles. The van der Waals surface area contributed by atoms with Crippen molar-refractivity contribution >= 4 is 0 Å². The molecule has 1 fully saturated rings. The van der Waals surface area contributed by atoms with Crippen LogP contribution in [0.4, 0.5) is 0 Å². The van der Waals surface area contributed by atoms with E-state index < -0.39 is 0 Å². The SMILES string of the molecule is CCCCOc1cccn(CCC2CCCCN2)c1=O. The Morgan fingerprint density at radius 3 is 3.10 bits per heavy atom. The van der Waals surface area contributed by atoms with Gasteiger partial charge in [-0.3, -0.25) is 4.79 Å². The van der Waals surface area contributed by atoms with E-state index in [2.05, 4.69) is 12.2 Å². The van der Waals surface area contributed by atoms with Crippen molar-refractivity contribution in [1.29, 1.82) is 0 Å². The summed E-state index contributed by atoms with van der Waals surface area (Å²) in [7, 11) is 0. The Morgan fingerprint density at radius 2 is 2.35 bits per heavy atom. The van der Waals surface area contributed by atoms with Crippen LogP contribution in [0.25, 0.3) is 0 Å². The Balaban J connectivity index is 1.90. The van der Waals surface area contributed by atoms with Crippen LogP contribution in [-0.2, 0) is 6.54 Å². The van der Waals surface area contributed by atoms with Crippen molar-refractivity contribution in [2.24, 2.45) is 0 Å². The third-order valence-electron chi connectivity index (χ3n) is 3.87. The lowest BCUT2D eigenvalue weighted by Crippen LogP contribution is -2.35. The van der Waals surface area contributed by atoms with E-state index in [0.717, 1.165) is 32.4 Å². The number of unbranched alkanes of at least 4 members (excludes halogenated alkanes) is 1. The zero-order valence-corrected chi connectivity index (χ0v) is 12.4. The van der Waals surface area contributed by atoms with E-state index in [1.807, 2.05) is 12.3 Å². The van der Waals surface area contributed by atoms with Crippen LogP contribution in [0.3, 0.4) is 0 Å². The molecule has 4 heteroatoms. The molecular weight excluding hydrogens is 252 g/mol. The minimum absolute atomic E-state index is 0.000544. The highest BCUT2D eigenvalue weighted by Gasteiger charge is 2.13. The average Bonchev–Trinajstić information content (AvgIpc) is 2.49. The highest BCUT2D eigenvalue weighted by atomic mass is 16.5. The molecule has 1 N–H and O–H groups in total. The molecule has 1 aromatic rings. The maximum atomic E-state index is 12.3. The van der Waals surface area contributed by atoms with E-state index in [1.165, 1.54) is 19.3 Å². The topological polar surface area (TPSA) is 43.3 Å². The molecule has 4 nitrogen and oxygen atoms in total. The predicted molar refractivity (Wildman–Crippen MR) is 81.4 cm³/mol. The summed E-state index contributed by atoms with van der Waals surface area (Å²) < 4.78 is 7.34. The zero-order chi connectivity index (χ0) is 14.2. The fraction of sp³-hybridized carbons (Fsp3) is 0.688. The third-order valence-corrected chi connectivity index (χ3v) is 3.87. The lowest BCUT2D eigenvalue weighted by atomic mass is 10.0. The molecule has 2 heterocycles. The summed E-state index contributed by atoms with van der Waals surface area (Å²) in [5.41, 5.74) is -0.000544. The van der Waals surface area contributed by atoms with E-state index >= 15 is 0 Å². The van der Waals surface area contributed by atoms with Crippen LogP contribution in [0.2, 0.25) is 0 Å². The van der Waals surface area contributed by atoms with E-state index in [0.29, 0.717) is 18.4 Å². The van der Waals surface area contributed by atoms with Crippen molar-refractivity contribution in [3.63, 3.8) is 0 Å².